The maximum absolute atomic E-state index is 5.11. The van der Waals surface area contributed by atoms with E-state index in [1.165, 1.54) is 83.5 Å². The van der Waals surface area contributed by atoms with Crippen LogP contribution in [0.2, 0.25) is 0 Å². The maximum atomic E-state index is 5.11. The first-order valence-corrected chi connectivity index (χ1v) is 18.5. The average molecular weight is 686 g/mol. The van der Waals surface area contributed by atoms with Crippen molar-refractivity contribution in [3.8, 4) is 33.5 Å². The smallest absolute Gasteiger partial charge is 0.0702 e. The summed E-state index contributed by atoms with van der Waals surface area (Å²) in [5.41, 5.74) is 21.5. The molecule has 7 aromatic carbocycles. The second-order valence-corrected chi connectivity index (χ2v) is 13.8. The van der Waals surface area contributed by atoms with Gasteiger partial charge in [-0.1, -0.05) is 188 Å². The molecule has 54 heavy (non-hydrogen) atoms. The minimum atomic E-state index is 0.961. The van der Waals surface area contributed by atoms with Crippen molar-refractivity contribution in [2.45, 2.75) is 0 Å². The minimum absolute atomic E-state index is 0.961. The summed E-state index contributed by atoms with van der Waals surface area (Å²) < 4.78 is 0. The number of nitrogens with zero attached hydrogens (tertiary/aromatic N) is 1. The van der Waals surface area contributed by atoms with Crippen molar-refractivity contribution in [1.29, 1.82) is 0 Å². The fourth-order valence-corrected chi connectivity index (χ4v) is 8.31. The van der Waals surface area contributed by atoms with Crippen molar-refractivity contribution in [1.82, 2.24) is 4.98 Å². The van der Waals surface area contributed by atoms with Crippen LogP contribution in [-0.2, 0) is 0 Å². The van der Waals surface area contributed by atoms with Gasteiger partial charge in [0.15, 0.2) is 0 Å². The molecule has 10 rings (SSSR count). The lowest BCUT2D eigenvalue weighted by Gasteiger charge is -2.19. The third-order valence-electron chi connectivity index (χ3n) is 10.7. The Hall–Kier alpha value is -7.09. The van der Waals surface area contributed by atoms with E-state index in [1.807, 2.05) is 6.07 Å². The van der Waals surface area contributed by atoms with Gasteiger partial charge in [-0.3, -0.25) is 4.98 Å². The number of rotatable bonds is 7. The van der Waals surface area contributed by atoms with Gasteiger partial charge in [0.25, 0.3) is 0 Å². The molecule has 0 saturated heterocycles. The third kappa shape index (κ3) is 5.38. The van der Waals surface area contributed by atoms with E-state index in [1.54, 1.807) is 0 Å². The SMILES string of the molecule is c1ccc(C2=C(c3ccccc3)C(c3ccc(-c4ccccc4)nc3)=C3C2=C(c2ccccc2)c2cc(-c4ccccc4)c(-c4ccccc4)cc23)cc1. The van der Waals surface area contributed by atoms with Crippen LogP contribution in [0.15, 0.2) is 218 Å². The van der Waals surface area contributed by atoms with Crippen molar-refractivity contribution in [3.63, 3.8) is 0 Å². The van der Waals surface area contributed by atoms with Gasteiger partial charge < -0.3 is 0 Å². The molecule has 1 aromatic heterocycles. The van der Waals surface area contributed by atoms with Crippen LogP contribution in [-0.4, -0.2) is 4.98 Å². The molecule has 0 bridgehead atoms. The minimum Gasteiger partial charge on any atom is -0.256 e. The van der Waals surface area contributed by atoms with E-state index < -0.39 is 0 Å². The van der Waals surface area contributed by atoms with E-state index in [4.69, 9.17) is 4.98 Å². The molecule has 8 aromatic rings. The lowest BCUT2D eigenvalue weighted by Crippen LogP contribution is -1.97. The number of hydrogen-bond acceptors (Lipinski definition) is 1. The predicted octanol–water partition coefficient (Wildman–Crippen LogP) is 13.4. The van der Waals surface area contributed by atoms with Crippen molar-refractivity contribution >= 4 is 27.9 Å². The van der Waals surface area contributed by atoms with Crippen LogP contribution in [0.25, 0.3) is 61.4 Å². The summed E-state index contributed by atoms with van der Waals surface area (Å²) in [6.07, 6.45) is 2.08. The zero-order valence-electron chi connectivity index (χ0n) is 29.7. The van der Waals surface area contributed by atoms with Gasteiger partial charge in [-0.15, -0.1) is 0 Å². The summed E-state index contributed by atoms with van der Waals surface area (Å²) in [5, 5.41) is 0. The summed E-state index contributed by atoms with van der Waals surface area (Å²) in [6, 6.07) is 74.3. The van der Waals surface area contributed by atoms with Crippen molar-refractivity contribution in [3.05, 3.63) is 251 Å². The molecule has 0 saturated carbocycles. The van der Waals surface area contributed by atoms with Crippen LogP contribution in [0.3, 0.4) is 0 Å². The Kier molecular flexibility index (Phi) is 7.89. The zero-order chi connectivity index (χ0) is 35.8. The van der Waals surface area contributed by atoms with E-state index in [0.717, 1.165) is 16.8 Å². The molecule has 0 unspecified atom stereocenters. The van der Waals surface area contributed by atoms with Crippen LogP contribution in [0.1, 0.15) is 33.4 Å². The first kappa shape index (κ1) is 31.6. The number of hydrogen-bond donors (Lipinski definition) is 0. The molecule has 0 aliphatic heterocycles. The van der Waals surface area contributed by atoms with E-state index >= 15 is 0 Å². The summed E-state index contributed by atoms with van der Waals surface area (Å²) in [4.78, 5) is 5.11. The third-order valence-corrected chi connectivity index (χ3v) is 10.7. The highest BCUT2D eigenvalue weighted by Gasteiger charge is 2.40. The summed E-state index contributed by atoms with van der Waals surface area (Å²) in [7, 11) is 0. The number of allylic oxidation sites excluding steroid dienone is 5. The molecule has 0 fully saturated rings. The largest absolute Gasteiger partial charge is 0.256 e. The molecule has 1 nitrogen and oxygen atoms in total. The van der Waals surface area contributed by atoms with Gasteiger partial charge in [-0.2, -0.15) is 0 Å². The highest BCUT2D eigenvalue weighted by Crippen LogP contribution is 2.62. The molecular formula is C53H35N. The summed E-state index contributed by atoms with van der Waals surface area (Å²) in [5.74, 6) is 0. The van der Waals surface area contributed by atoms with Crippen LogP contribution >= 0.6 is 0 Å². The fraction of sp³-hybridized carbons (Fsp3) is 0. The van der Waals surface area contributed by atoms with Crippen LogP contribution in [0.5, 0.6) is 0 Å². The first-order chi connectivity index (χ1) is 26.8. The molecule has 1 heterocycles. The van der Waals surface area contributed by atoms with Crippen molar-refractivity contribution < 1.29 is 0 Å². The number of aromatic nitrogens is 1. The Labute approximate surface area is 316 Å². The van der Waals surface area contributed by atoms with Crippen molar-refractivity contribution in [2.75, 3.05) is 0 Å². The molecule has 0 radical (unpaired) electrons. The zero-order valence-corrected chi connectivity index (χ0v) is 29.7. The van der Waals surface area contributed by atoms with Crippen LogP contribution < -0.4 is 0 Å². The van der Waals surface area contributed by atoms with Crippen molar-refractivity contribution in [2.24, 2.45) is 0 Å². The van der Waals surface area contributed by atoms with Crippen LogP contribution in [0, 0.1) is 0 Å². The second kappa shape index (κ2) is 13.5. The fourth-order valence-electron chi connectivity index (χ4n) is 8.31. The Morgan fingerprint density at radius 3 is 1.00 bits per heavy atom. The van der Waals surface area contributed by atoms with Gasteiger partial charge in [0.05, 0.1) is 5.69 Å². The average Bonchev–Trinajstić information content (AvgIpc) is 3.77. The highest BCUT2D eigenvalue weighted by molar-refractivity contribution is 6.39. The molecule has 2 aliphatic carbocycles. The predicted molar refractivity (Wildman–Crippen MR) is 226 cm³/mol. The molecular weight excluding hydrogens is 651 g/mol. The number of benzene rings is 7. The highest BCUT2D eigenvalue weighted by atomic mass is 14.7. The monoisotopic (exact) mass is 685 g/mol. The normalized spacial score (nSPS) is 13.3. The quantitative estimate of drug-likeness (QED) is 0.163. The topological polar surface area (TPSA) is 12.9 Å². The molecule has 0 spiro atoms. The van der Waals surface area contributed by atoms with Gasteiger partial charge in [0, 0.05) is 22.9 Å². The van der Waals surface area contributed by atoms with E-state index in [2.05, 4.69) is 206 Å². The standard InChI is InChI=1S/C53H35N/c1-7-19-36(20-8-1)43-33-45-46(34-44(43)37-21-9-2-10-22-37)52-51(42-31-32-47(54-35-42)38-23-11-3-12-24-38)49(40-27-15-5-16-28-40)50(41-29-17-6-18-30-41)53(52)48(45)39-25-13-4-14-26-39/h1-35H. The molecule has 0 atom stereocenters. The Morgan fingerprint density at radius 2 is 0.574 bits per heavy atom. The van der Waals surface area contributed by atoms with E-state index in [-0.39, 0.29) is 0 Å². The Morgan fingerprint density at radius 1 is 0.222 bits per heavy atom. The summed E-state index contributed by atoms with van der Waals surface area (Å²) >= 11 is 0. The molecule has 252 valence electrons. The van der Waals surface area contributed by atoms with Gasteiger partial charge in [0.2, 0.25) is 0 Å². The van der Waals surface area contributed by atoms with Gasteiger partial charge >= 0.3 is 0 Å². The summed E-state index contributed by atoms with van der Waals surface area (Å²) in [6.45, 7) is 0. The molecule has 1 heteroatoms. The number of pyridine rings is 1. The lowest BCUT2D eigenvalue weighted by molar-refractivity contribution is 1.31. The number of fused-ring (bicyclic) bond motifs is 3. The van der Waals surface area contributed by atoms with Gasteiger partial charge in [-0.05, 0) is 96.1 Å². The maximum Gasteiger partial charge on any atom is 0.0702 e. The van der Waals surface area contributed by atoms with Crippen LogP contribution in [0.4, 0.5) is 0 Å². The Balaban J connectivity index is 1.35. The lowest BCUT2D eigenvalue weighted by atomic mass is 9.84. The second-order valence-electron chi connectivity index (χ2n) is 13.8. The molecule has 0 N–H and O–H groups in total. The first-order valence-electron chi connectivity index (χ1n) is 18.5. The van der Waals surface area contributed by atoms with E-state index in [0.29, 0.717) is 0 Å². The molecule has 0 amide bonds. The molecule has 2 aliphatic rings. The van der Waals surface area contributed by atoms with Gasteiger partial charge in [0.1, 0.15) is 0 Å². The Bertz CT molecular complexity index is 2730. The van der Waals surface area contributed by atoms with E-state index in [9.17, 15) is 0 Å². The van der Waals surface area contributed by atoms with Gasteiger partial charge in [-0.25, -0.2) is 0 Å².